The fourth-order valence-electron chi connectivity index (χ4n) is 1.36. The van der Waals surface area contributed by atoms with Gasteiger partial charge < -0.3 is 29.5 Å². The largest absolute Gasteiger partial charge is 0.469 e. The lowest BCUT2D eigenvalue weighted by Crippen LogP contribution is -2.38. The summed E-state index contributed by atoms with van der Waals surface area (Å²) in [7, 11) is -4.70. The second-order valence-corrected chi connectivity index (χ2v) is 4.66. The van der Waals surface area contributed by atoms with Gasteiger partial charge in [0.2, 0.25) is 0 Å². The number of ether oxygens (including phenoxy) is 2. The van der Waals surface area contributed by atoms with Crippen LogP contribution in [-0.2, 0) is 23.4 Å². The van der Waals surface area contributed by atoms with Gasteiger partial charge in [-0.2, -0.15) is 0 Å². The van der Waals surface area contributed by atoms with Crippen molar-refractivity contribution >= 4 is 13.8 Å². The van der Waals surface area contributed by atoms with Gasteiger partial charge in [-0.15, -0.1) is 0 Å². The Labute approximate surface area is 96.2 Å². The summed E-state index contributed by atoms with van der Waals surface area (Å²) >= 11 is 0. The zero-order valence-electron chi connectivity index (χ0n) is 8.79. The van der Waals surface area contributed by atoms with Crippen molar-refractivity contribution in [2.75, 3.05) is 6.61 Å². The molecule has 4 atom stereocenters. The number of hydrogen-bond donors (Lipinski definition) is 4. The molecule has 1 unspecified atom stereocenters. The van der Waals surface area contributed by atoms with Gasteiger partial charge in [0.15, 0.2) is 12.4 Å². The Hall–Kier alpha value is -0.540. The van der Waals surface area contributed by atoms with E-state index in [1.165, 1.54) is 0 Å². The molecule has 1 saturated heterocycles. The first-order chi connectivity index (χ1) is 7.70. The van der Waals surface area contributed by atoms with E-state index in [1.54, 1.807) is 0 Å². The lowest BCUT2D eigenvalue weighted by atomic mass is 10.1. The molecular weight excluding hydrogens is 259 g/mol. The molecule has 0 radical (unpaired) electrons. The molecule has 100 valence electrons. The molecule has 0 amide bonds. The summed E-state index contributed by atoms with van der Waals surface area (Å²) in [4.78, 5) is 27.7. The van der Waals surface area contributed by atoms with E-state index in [2.05, 4.69) is 9.26 Å². The minimum Gasteiger partial charge on any atom is -0.457 e. The summed E-state index contributed by atoms with van der Waals surface area (Å²) < 4.78 is 24.0. The Balaban J connectivity index is 2.62. The van der Waals surface area contributed by atoms with E-state index in [9.17, 15) is 14.5 Å². The summed E-state index contributed by atoms with van der Waals surface area (Å²) in [5.41, 5.74) is 0. The van der Waals surface area contributed by atoms with Gasteiger partial charge in [-0.25, -0.2) is 4.57 Å². The molecule has 0 bridgehead atoms. The zero-order chi connectivity index (χ0) is 13.2. The van der Waals surface area contributed by atoms with Crippen LogP contribution in [0.1, 0.15) is 6.92 Å². The van der Waals surface area contributed by atoms with Crippen molar-refractivity contribution in [3.05, 3.63) is 0 Å². The van der Waals surface area contributed by atoms with Crippen molar-refractivity contribution < 1.29 is 43.4 Å². The molecule has 0 aromatic rings. The summed E-state index contributed by atoms with van der Waals surface area (Å²) in [6, 6.07) is 0. The normalized spacial score (nSPS) is 33.7. The predicted molar refractivity (Wildman–Crippen MR) is 50.4 cm³/mol. The van der Waals surface area contributed by atoms with Crippen molar-refractivity contribution in [3.63, 3.8) is 0 Å². The molecule has 1 aliphatic heterocycles. The van der Waals surface area contributed by atoms with E-state index in [-0.39, 0.29) is 0 Å². The standard InChI is InChI=1S/C7H13O9P/c1-3(8)15-6-4(2-14-17(11,12)13)16-7(10)5(6)9/h4-7,9-10H,2H2,1H3,(H2,11,12,13)/t4-,5-,6-,7?/m1/s1. The monoisotopic (exact) mass is 272 g/mol. The summed E-state index contributed by atoms with van der Waals surface area (Å²) in [5, 5.41) is 18.6. The molecule has 0 spiro atoms. The molecular formula is C7H13O9P. The number of esters is 1. The molecule has 0 saturated carbocycles. The van der Waals surface area contributed by atoms with E-state index in [4.69, 9.17) is 19.6 Å². The van der Waals surface area contributed by atoms with E-state index in [0.29, 0.717) is 0 Å². The van der Waals surface area contributed by atoms with Gasteiger partial charge in [-0.1, -0.05) is 0 Å². The van der Waals surface area contributed by atoms with Crippen LogP contribution in [0.15, 0.2) is 0 Å². The average molecular weight is 272 g/mol. The quantitative estimate of drug-likeness (QED) is 0.341. The van der Waals surface area contributed by atoms with E-state index in [0.717, 1.165) is 6.92 Å². The number of phosphoric ester groups is 1. The highest BCUT2D eigenvalue weighted by molar-refractivity contribution is 7.46. The molecule has 0 aromatic heterocycles. The van der Waals surface area contributed by atoms with Crippen LogP contribution in [0.2, 0.25) is 0 Å². The molecule has 1 aliphatic rings. The van der Waals surface area contributed by atoms with Gasteiger partial charge in [0, 0.05) is 6.92 Å². The van der Waals surface area contributed by atoms with Gasteiger partial charge in [-0.3, -0.25) is 9.32 Å². The molecule has 10 heteroatoms. The molecule has 0 aliphatic carbocycles. The van der Waals surface area contributed by atoms with Gasteiger partial charge in [-0.05, 0) is 0 Å². The molecule has 1 rings (SSSR count). The van der Waals surface area contributed by atoms with Gasteiger partial charge in [0.05, 0.1) is 6.61 Å². The Bertz CT molecular complexity index is 325. The Morgan fingerprint density at radius 1 is 1.41 bits per heavy atom. The minimum absolute atomic E-state index is 0.629. The third kappa shape index (κ3) is 4.32. The van der Waals surface area contributed by atoms with Crippen molar-refractivity contribution in [2.45, 2.75) is 31.5 Å². The second-order valence-electron chi connectivity index (χ2n) is 3.42. The van der Waals surface area contributed by atoms with Crippen molar-refractivity contribution in [1.29, 1.82) is 0 Å². The van der Waals surface area contributed by atoms with Gasteiger partial charge in [0.25, 0.3) is 0 Å². The first-order valence-corrected chi connectivity index (χ1v) is 6.12. The molecule has 4 N–H and O–H groups in total. The third-order valence-electron chi connectivity index (χ3n) is 2.02. The lowest BCUT2D eigenvalue weighted by molar-refractivity contribution is -0.153. The van der Waals surface area contributed by atoms with Gasteiger partial charge >= 0.3 is 13.8 Å². The highest BCUT2D eigenvalue weighted by Gasteiger charge is 2.46. The number of phosphoric acid groups is 1. The fraction of sp³-hybridized carbons (Fsp3) is 0.857. The first kappa shape index (κ1) is 14.5. The highest BCUT2D eigenvalue weighted by Crippen LogP contribution is 2.37. The Morgan fingerprint density at radius 2 is 2.00 bits per heavy atom. The molecule has 1 heterocycles. The summed E-state index contributed by atoms with van der Waals surface area (Å²) in [5.74, 6) is -0.729. The first-order valence-electron chi connectivity index (χ1n) is 4.59. The Kier molecular flexibility index (Phi) is 4.62. The molecule has 1 fully saturated rings. The van der Waals surface area contributed by atoms with Crippen LogP contribution in [0.3, 0.4) is 0 Å². The van der Waals surface area contributed by atoms with Crippen molar-refractivity contribution in [2.24, 2.45) is 0 Å². The number of carbonyl (C=O) groups is 1. The summed E-state index contributed by atoms with van der Waals surface area (Å²) in [6.45, 7) is 0.453. The maximum atomic E-state index is 10.7. The number of rotatable bonds is 4. The van der Waals surface area contributed by atoms with Crippen LogP contribution in [0.5, 0.6) is 0 Å². The van der Waals surface area contributed by atoms with E-state index < -0.39 is 45.0 Å². The fourth-order valence-corrected chi connectivity index (χ4v) is 1.70. The van der Waals surface area contributed by atoms with Crippen LogP contribution >= 0.6 is 7.82 Å². The number of aliphatic hydroxyl groups excluding tert-OH is 2. The number of aliphatic hydroxyl groups is 2. The van der Waals surface area contributed by atoms with Crippen LogP contribution in [0.25, 0.3) is 0 Å². The average Bonchev–Trinajstić information content (AvgIpc) is 2.41. The van der Waals surface area contributed by atoms with Crippen LogP contribution in [0.4, 0.5) is 0 Å². The second kappa shape index (κ2) is 5.40. The maximum absolute atomic E-state index is 10.7. The predicted octanol–water partition coefficient (Wildman–Crippen LogP) is -1.89. The SMILES string of the molecule is CC(=O)O[C@@H]1[C@@H](COP(=O)(O)O)OC(O)[C@@H]1O. The number of carbonyl (C=O) groups excluding carboxylic acids is 1. The third-order valence-corrected chi connectivity index (χ3v) is 2.50. The highest BCUT2D eigenvalue weighted by atomic mass is 31.2. The molecule has 17 heavy (non-hydrogen) atoms. The molecule has 0 aromatic carbocycles. The smallest absolute Gasteiger partial charge is 0.457 e. The van der Waals surface area contributed by atoms with Crippen LogP contribution in [0, 0.1) is 0 Å². The van der Waals surface area contributed by atoms with Crippen LogP contribution < -0.4 is 0 Å². The van der Waals surface area contributed by atoms with Crippen LogP contribution in [-0.4, -0.2) is 57.2 Å². The Morgan fingerprint density at radius 3 is 2.47 bits per heavy atom. The minimum atomic E-state index is -4.70. The lowest BCUT2D eigenvalue weighted by Gasteiger charge is -2.19. The topological polar surface area (TPSA) is 143 Å². The molecule has 9 nitrogen and oxygen atoms in total. The number of hydrogen-bond acceptors (Lipinski definition) is 7. The van der Waals surface area contributed by atoms with E-state index >= 15 is 0 Å². The van der Waals surface area contributed by atoms with Crippen molar-refractivity contribution in [3.8, 4) is 0 Å². The van der Waals surface area contributed by atoms with Crippen molar-refractivity contribution in [1.82, 2.24) is 0 Å². The summed E-state index contributed by atoms with van der Waals surface area (Å²) in [6.07, 6.45) is -5.50. The zero-order valence-corrected chi connectivity index (χ0v) is 9.69. The van der Waals surface area contributed by atoms with E-state index in [1.807, 2.05) is 0 Å². The van der Waals surface area contributed by atoms with Gasteiger partial charge in [0.1, 0.15) is 12.2 Å². The maximum Gasteiger partial charge on any atom is 0.469 e.